The molecular formula is C28H38N4O3. The number of amides is 2. The Morgan fingerprint density at radius 2 is 1.29 bits per heavy atom. The Labute approximate surface area is 208 Å². The van der Waals surface area contributed by atoms with Gasteiger partial charge in [0, 0.05) is 73.6 Å². The molecule has 1 fully saturated rings. The number of ether oxygens (including phenoxy) is 1. The molecule has 0 spiro atoms. The van der Waals surface area contributed by atoms with E-state index in [4.69, 9.17) is 10.5 Å². The highest BCUT2D eigenvalue weighted by Crippen LogP contribution is 2.43. The standard InChI is InChI=1S/C16H22N2O2.C12H16N2O/c1-12(19)18-11-16(2,3)14-5-4-13(10-15(14)18)17-6-8-20-9-7-17;1-8(15)14-7-12(2,3)10-5-4-9(13)6-11(10)14/h4-5,10H,6-9,11H2,1-3H3;4-6H,7,13H2,1-3H3. The average molecular weight is 479 g/mol. The number of benzene rings is 2. The van der Waals surface area contributed by atoms with Gasteiger partial charge in [-0.1, -0.05) is 39.8 Å². The first-order valence-corrected chi connectivity index (χ1v) is 12.3. The molecule has 0 saturated carbocycles. The summed E-state index contributed by atoms with van der Waals surface area (Å²) in [5.41, 5.74) is 12.2. The summed E-state index contributed by atoms with van der Waals surface area (Å²) >= 11 is 0. The normalized spacial score (nSPS) is 19.5. The van der Waals surface area contributed by atoms with Gasteiger partial charge >= 0.3 is 0 Å². The van der Waals surface area contributed by atoms with Crippen molar-refractivity contribution in [1.82, 2.24) is 0 Å². The number of nitrogens with zero attached hydrogens (tertiary/aromatic N) is 3. The number of morpholine rings is 1. The van der Waals surface area contributed by atoms with Crippen molar-refractivity contribution >= 4 is 34.6 Å². The molecule has 1 saturated heterocycles. The molecule has 7 nitrogen and oxygen atoms in total. The van der Waals surface area contributed by atoms with Crippen molar-refractivity contribution in [3.8, 4) is 0 Å². The molecular weight excluding hydrogens is 440 g/mol. The molecule has 2 N–H and O–H groups in total. The number of fused-ring (bicyclic) bond motifs is 2. The molecule has 0 radical (unpaired) electrons. The van der Waals surface area contributed by atoms with Gasteiger partial charge in [0.25, 0.3) is 0 Å². The quantitative estimate of drug-likeness (QED) is 0.625. The van der Waals surface area contributed by atoms with Crippen LogP contribution >= 0.6 is 0 Å². The first-order valence-electron chi connectivity index (χ1n) is 12.3. The molecule has 5 rings (SSSR count). The number of hydrogen-bond donors (Lipinski definition) is 1. The number of carbonyl (C=O) groups excluding carboxylic acids is 2. The van der Waals surface area contributed by atoms with Crippen molar-refractivity contribution in [2.75, 3.05) is 59.8 Å². The first kappa shape index (κ1) is 25.0. The monoisotopic (exact) mass is 478 g/mol. The lowest BCUT2D eigenvalue weighted by Crippen LogP contribution is -2.36. The van der Waals surface area contributed by atoms with Crippen molar-refractivity contribution in [2.24, 2.45) is 0 Å². The van der Waals surface area contributed by atoms with Gasteiger partial charge in [0.15, 0.2) is 0 Å². The van der Waals surface area contributed by atoms with Gasteiger partial charge in [0.05, 0.1) is 13.2 Å². The Kier molecular flexibility index (Phi) is 6.58. The van der Waals surface area contributed by atoms with E-state index in [-0.39, 0.29) is 22.6 Å². The second-order valence-electron chi connectivity index (χ2n) is 11.1. The van der Waals surface area contributed by atoms with Crippen LogP contribution < -0.4 is 20.4 Å². The summed E-state index contributed by atoms with van der Waals surface area (Å²) in [6.07, 6.45) is 0. The van der Waals surface area contributed by atoms with Gasteiger partial charge in [0.1, 0.15) is 0 Å². The van der Waals surface area contributed by atoms with Crippen LogP contribution in [0.25, 0.3) is 0 Å². The van der Waals surface area contributed by atoms with E-state index in [9.17, 15) is 9.59 Å². The molecule has 0 aromatic heterocycles. The summed E-state index contributed by atoms with van der Waals surface area (Å²) in [5.74, 6) is 0.198. The molecule has 2 aromatic rings. The van der Waals surface area contributed by atoms with Gasteiger partial charge in [-0.05, 0) is 35.4 Å². The number of rotatable bonds is 1. The lowest BCUT2D eigenvalue weighted by molar-refractivity contribution is -0.117. The Morgan fingerprint density at radius 3 is 1.80 bits per heavy atom. The number of anilines is 4. The van der Waals surface area contributed by atoms with E-state index in [0.29, 0.717) is 5.69 Å². The van der Waals surface area contributed by atoms with Gasteiger partial charge in [-0.25, -0.2) is 0 Å². The SMILES string of the molecule is CC(=O)N1CC(C)(C)c2ccc(N)cc21.CC(=O)N1CC(C)(C)c2ccc(N3CCOCC3)cc21. The molecule has 2 aromatic carbocycles. The summed E-state index contributed by atoms with van der Waals surface area (Å²) in [4.78, 5) is 29.4. The van der Waals surface area contributed by atoms with E-state index in [1.165, 1.54) is 16.8 Å². The summed E-state index contributed by atoms with van der Waals surface area (Å²) in [6, 6.07) is 12.3. The molecule has 7 heteroatoms. The summed E-state index contributed by atoms with van der Waals surface area (Å²) in [5, 5.41) is 0. The lowest BCUT2D eigenvalue weighted by Gasteiger charge is -2.29. The molecule has 3 aliphatic heterocycles. The fourth-order valence-corrected chi connectivity index (χ4v) is 5.37. The van der Waals surface area contributed by atoms with Crippen LogP contribution in [-0.2, 0) is 25.2 Å². The van der Waals surface area contributed by atoms with Crippen molar-refractivity contribution in [3.05, 3.63) is 47.5 Å². The van der Waals surface area contributed by atoms with Crippen molar-refractivity contribution in [2.45, 2.75) is 52.4 Å². The van der Waals surface area contributed by atoms with Crippen LogP contribution in [0.3, 0.4) is 0 Å². The topological polar surface area (TPSA) is 79.1 Å². The number of carbonyl (C=O) groups is 2. The van der Waals surface area contributed by atoms with Gasteiger partial charge in [0.2, 0.25) is 11.8 Å². The molecule has 0 atom stereocenters. The van der Waals surface area contributed by atoms with E-state index in [2.05, 4.69) is 50.8 Å². The molecule has 35 heavy (non-hydrogen) atoms. The second kappa shape index (κ2) is 9.19. The fraction of sp³-hybridized carbons (Fsp3) is 0.500. The Balaban J connectivity index is 0.000000172. The number of nitrogen functional groups attached to an aromatic ring is 1. The van der Waals surface area contributed by atoms with Gasteiger partial charge in [-0.3, -0.25) is 9.59 Å². The minimum absolute atomic E-state index is 0.0225. The molecule has 2 amide bonds. The zero-order chi connectivity index (χ0) is 25.5. The Bertz CT molecular complexity index is 1140. The Hall–Kier alpha value is -3.06. The van der Waals surface area contributed by atoms with Crippen LogP contribution in [0.2, 0.25) is 0 Å². The minimum Gasteiger partial charge on any atom is -0.399 e. The maximum Gasteiger partial charge on any atom is 0.223 e. The van der Waals surface area contributed by atoms with E-state index in [1.807, 2.05) is 23.1 Å². The predicted molar refractivity (Wildman–Crippen MR) is 142 cm³/mol. The minimum atomic E-state index is 0.0225. The average Bonchev–Trinajstić information content (AvgIpc) is 3.24. The van der Waals surface area contributed by atoms with E-state index in [0.717, 1.165) is 50.8 Å². The van der Waals surface area contributed by atoms with Crippen LogP contribution in [-0.4, -0.2) is 51.2 Å². The van der Waals surface area contributed by atoms with Crippen molar-refractivity contribution in [3.63, 3.8) is 0 Å². The van der Waals surface area contributed by atoms with Crippen molar-refractivity contribution < 1.29 is 14.3 Å². The van der Waals surface area contributed by atoms with Gasteiger partial charge < -0.3 is 25.2 Å². The second-order valence-corrected chi connectivity index (χ2v) is 11.1. The highest BCUT2D eigenvalue weighted by Gasteiger charge is 2.38. The predicted octanol–water partition coefficient (Wildman–Crippen LogP) is 4.08. The van der Waals surface area contributed by atoms with Crippen LogP contribution in [0.1, 0.15) is 52.7 Å². The summed E-state index contributed by atoms with van der Waals surface area (Å²) in [7, 11) is 0. The lowest BCUT2D eigenvalue weighted by atomic mass is 9.87. The van der Waals surface area contributed by atoms with Gasteiger partial charge in [-0.15, -0.1) is 0 Å². The van der Waals surface area contributed by atoms with Crippen LogP contribution in [0.5, 0.6) is 0 Å². The van der Waals surface area contributed by atoms with Crippen molar-refractivity contribution in [1.29, 1.82) is 0 Å². The smallest absolute Gasteiger partial charge is 0.223 e. The van der Waals surface area contributed by atoms with E-state index >= 15 is 0 Å². The first-order chi connectivity index (χ1) is 16.4. The maximum absolute atomic E-state index is 11.9. The zero-order valence-electron chi connectivity index (χ0n) is 21.9. The summed E-state index contributed by atoms with van der Waals surface area (Å²) in [6.45, 7) is 16.8. The van der Waals surface area contributed by atoms with Gasteiger partial charge in [-0.2, -0.15) is 0 Å². The maximum atomic E-state index is 11.9. The molecule has 188 valence electrons. The number of nitrogens with two attached hydrogens (primary N) is 1. The van der Waals surface area contributed by atoms with Crippen LogP contribution in [0.4, 0.5) is 22.7 Å². The number of hydrogen-bond acceptors (Lipinski definition) is 5. The van der Waals surface area contributed by atoms with E-state index < -0.39 is 0 Å². The third kappa shape index (κ3) is 4.87. The van der Waals surface area contributed by atoms with E-state index in [1.54, 1.807) is 18.7 Å². The van der Waals surface area contributed by atoms with Crippen LogP contribution in [0.15, 0.2) is 36.4 Å². The third-order valence-electron chi connectivity index (χ3n) is 7.29. The fourth-order valence-electron chi connectivity index (χ4n) is 5.37. The largest absolute Gasteiger partial charge is 0.399 e. The third-order valence-corrected chi connectivity index (χ3v) is 7.29. The molecule has 0 bridgehead atoms. The molecule has 0 unspecified atom stereocenters. The molecule has 3 heterocycles. The molecule has 0 aliphatic carbocycles. The highest BCUT2D eigenvalue weighted by atomic mass is 16.5. The zero-order valence-corrected chi connectivity index (χ0v) is 21.9. The highest BCUT2D eigenvalue weighted by molar-refractivity contribution is 5.96. The van der Waals surface area contributed by atoms with Crippen LogP contribution in [0, 0.1) is 0 Å². The summed E-state index contributed by atoms with van der Waals surface area (Å²) < 4.78 is 5.40. The molecule has 3 aliphatic rings. The Morgan fingerprint density at radius 1 is 0.800 bits per heavy atom.